The first-order chi connectivity index (χ1) is 13.3. The van der Waals surface area contributed by atoms with E-state index < -0.39 is 11.6 Å². The Morgan fingerprint density at radius 3 is 2.64 bits per heavy atom. The van der Waals surface area contributed by atoms with Gasteiger partial charge in [0.1, 0.15) is 5.75 Å². The van der Waals surface area contributed by atoms with E-state index >= 15 is 0 Å². The molecule has 0 saturated heterocycles. The standard InChI is InChI=1S/C20H20BrClN4O2/c1-4-16(18(27)26-20(2,3)19-23-6-5-7-24-19)28-14-9-12-8-13(21)11-25-17(12)15(22)10-14/h5-11,16H,4H2,1-3H3,(H,26,27)/t16-/m0/s1. The van der Waals surface area contributed by atoms with Crippen LogP contribution in [0.15, 0.2) is 47.3 Å². The number of hydrogen-bond donors (Lipinski definition) is 1. The lowest BCUT2D eigenvalue weighted by molar-refractivity contribution is -0.130. The zero-order valence-electron chi connectivity index (χ0n) is 15.7. The van der Waals surface area contributed by atoms with Gasteiger partial charge in [-0.1, -0.05) is 18.5 Å². The molecule has 3 aromatic rings. The van der Waals surface area contributed by atoms with E-state index in [1.165, 1.54) is 0 Å². The van der Waals surface area contributed by atoms with Crippen LogP contribution in [0.25, 0.3) is 10.9 Å². The molecule has 1 aromatic carbocycles. The largest absolute Gasteiger partial charge is 0.481 e. The average Bonchev–Trinajstić information content (AvgIpc) is 2.66. The first kappa shape index (κ1) is 20.5. The topological polar surface area (TPSA) is 77.0 Å². The summed E-state index contributed by atoms with van der Waals surface area (Å²) in [6.07, 6.45) is 4.78. The van der Waals surface area contributed by atoms with Crippen LogP contribution < -0.4 is 10.1 Å². The molecule has 0 radical (unpaired) electrons. The Labute approximate surface area is 176 Å². The maximum Gasteiger partial charge on any atom is 0.261 e. The molecule has 1 amide bonds. The smallest absolute Gasteiger partial charge is 0.261 e. The Kier molecular flexibility index (Phi) is 6.15. The van der Waals surface area contributed by atoms with Crippen LogP contribution in [0.3, 0.4) is 0 Å². The lowest BCUT2D eigenvalue weighted by Gasteiger charge is -2.27. The van der Waals surface area contributed by atoms with Crippen molar-refractivity contribution in [1.29, 1.82) is 0 Å². The SMILES string of the molecule is CC[C@H](Oc1cc(Cl)c2ncc(Br)cc2c1)C(=O)NC(C)(C)c1ncccn1. The number of ether oxygens (including phenoxy) is 1. The molecule has 3 rings (SSSR count). The normalized spacial score (nSPS) is 12.6. The summed E-state index contributed by atoms with van der Waals surface area (Å²) in [5.74, 6) is 0.791. The van der Waals surface area contributed by atoms with Crippen LogP contribution in [0.1, 0.15) is 33.0 Å². The van der Waals surface area contributed by atoms with E-state index in [-0.39, 0.29) is 5.91 Å². The number of amides is 1. The minimum atomic E-state index is -0.731. The maximum absolute atomic E-state index is 12.8. The molecule has 0 saturated carbocycles. The zero-order valence-corrected chi connectivity index (χ0v) is 18.1. The zero-order chi connectivity index (χ0) is 20.3. The van der Waals surface area contributed by atoms with Crippen molar-refractivity contribution < 1.29 is 9.53 Å². The molecule has 1 atom stereocenters. The van der Waals surface area contributed by atoms with Crippen LogP contribution in [0.2, 0.25) is 5.02 Å². The van der Waals surface area contributed by atoms with Crippen LogP contribution in [0.4, 0.5) is 0 Å². The molecule has 0 fully saturated rings. The van der Waals surface area contributed by atoms with E-state index in [0.717, 1.165) is 9.86 Å². The number of rotatable bonds is 6. The molecule has 0 unspecified atom stereocenters. The molecule has 0 bridgehead atoms. The van der Waals surface area contributed by atoms with E-state index in [0.29, 0.717) is 28.5 Å². The van der Waals surface area contributed by atoms with Crippen molar-refractivity contribution in [3.8, 4) is 5.75 Å². The first-order valence-corrected chi connectivity index (χ1v) is 9.98. The number of halogens is 2. The van der Waals surface area contributed by atoms with Crippen molar-refractivity contribution in [2.24, 2.45) is 0 Å². The van der Waals surface area contributed by atoms with Crippen LogP contribution in [0.5, 0.6) is 5.75 Å². The molecular weight excluding hydrogens is 444 g/mol. The van der Waals surface area contributed by atoms with E-state index in [9.17, 15) is 4.79 Å². The molecule has 2 heterocycles. The van der Waals surface area contributed by atoms with E-state index in [1.54, 1.807) is 30.7 Å². The van der Waals surface area contributed by atoms with Gasteiger partial charge in [-0.05, 0) is 54.4 Å². The minimum absolute atomic E-state index is 0.247. The van der Waals surface area contributed by atoms with Crippen LogP contribution in [-0.4, -0.2) is 27.0 Å². The van der Waals surface area contributed by atoms with E-state index in [1.807, 2.05) is 32.9 Å². The van der Waals surface area contributed by atoms with Gasteiger partial charge in [-0.25, -0.2) is 9.97 Å². The van der Waals surface area contributed by atoms with Gasteiger partial charge in [-0.2, -0.15) is 0 Å². The Hall–Kier alpha value is -2.25. The number of fused-ring (bicyclic) bond motifs is 1. The summed E-state index contributed by atoms with van der Waals surface area (Å²) in [6.45, 7) is 5.59. The van der Waals surface area contributed by atoms with Crippen molar-refractivity contribution in [1.82, 2.24) is 20.3 Å². The Bertz CT molecular complexity index is 998. The van der Waals surface area contributed by atoms with Gasteiger partial charge in [0.2, 0.25) is 0 Å². The summed E-state index contributed by atoms with van der Waals surface area (Å²) in [5.41, 5.74) is -0.0534. The fraction of sp³-hybridized carbons (Fsp3) is 0.300. The van der Waals surface area contributed by atoms with Crippen LogP contribution in [0, 0.1) is 0 Å². The van der Waals surface area contributed by atoms with Gasteiger partial charge < -0.3 is 10.1 Å². The summed E-state index contributed by atoms with van der Waals surface area (Å²) in [5, 5.41) is 4.25. The molecule has 8 heteroatoms. The molecule has 1 N–H and O–H groups in total. The van der Waals surface area contributed by atoms with Crippen molar-refractivity contribution in [3.63, 3.8) is 0 Å². The molecule has 2 aromatic heterocycles. The fourth-order valence-electron chi connectivity index (χ4n) is 2.77. The maximum atomic E-state index is 12.8. The van der Waals surface area contributed by atoms with Gasteiger partial charge in [0.05, 0.1) is 16.1 Å². The van der Waals surface area contributed by atoms with Gasteiger partial charge >= 0.3 is 0 Å². The minimum Gasteiger partial charge on any atom is -0.481 e. The molecular formula is C20H20BrClN4O2. The molecule has 6 nitrogen and oxygen atoms in total. The highest BCUT2D eigenvalue weighted by Crippen LogP contribution is 2.30. The third-order valence-electron chi connectivity index (χ3n) is 4.18. The molecule has 0 aliphatic heterocycles. The second-order valence-corrected chi connectivity index (χ2v) is 8.15. The van der Waals surface area contributed by atoms with Crippen molar-refractivity contribution in [2.75, 3.05) is 0 Å². The van der Waals surface area contributed by atoms with Crippen LogP contribution in [-0.2, 0) is 10.3 Å². The molecule has 146 valence electrons. The number of carbonyl (C=O) groups is 1. The van der Waals surface area contributed by atoms with Gasteiger partial charge in [-0.3, -0.25) is 9.78 Å². The number of pyridine rings is 1. The van der Waals surface area contributed by atoms with Gasteiger partial charge in [0.25, 0.3) is 5.91 Å². The molecule has 0 aliphatic rings. The summed E-state index contributed by atoms with van der Waals surface area (Å²) in [6, 6.07) is 7.13. The number of nitrogens with zero attached hydrogens (tertiary/aromatic N) is 3. The summed E-state index contributed by atoms with van der Waals surface area (Å²) >= 11 is 9.73. The van der Waals surface area contributed by atoms with Gasteiger partial charge in [0.15, 0.2) is 11.9 Å². The lowest BCUT2D eigenvalue weighted by atomic mass is 10.0. The fourth-order valence-corrected chi connectivity index (χ4v) is 3.39. The number of hydrogen-bond acceptors (Lipinski definition) is 5. The molecule has 28 heavy (non-hydrogen) atoms. The molecule has 0 aliphatic carbocycles. The van der Waals surface area contributed by atoms with E-state index in [2.05, 4.69) is 36.2 Å². The van der Waals surface area contributed by atoms with Crippen molar-refractivity contribution in [3.05, 3.63) is 58.2 Å². The predicted molar refractivity (Wildman–Crippen MR) is 112 cm³/mol. The second kappa shape index (κ2) is 8.41. The molecule has 0 spiro atoms. The Morgan fingerprint density at radius 1 is 1.25 bits per heavy atom. The Balaban J connectivity index is 1.80. The average molecular weight is 464 g/mol. The van der Waals surface area contributed by atoms with Gasteiger partial charge in [0, 0.05) is 34.5 Å². The quantitative estimate of drug-likeness (QED) is 0.576. The number of aromatic nitrogens is 3. The third-order valence-corrected chi connectivity index (χ3v) is 4.90. The number of benzene rings is 1. The first-order valence-electron chi connectivity index (χ1n) is 8.81. The second-order valence-electron chi connectivity index (χ2n) is 6.83. The number of nitrogens with one attached hydrogen (secondary N) is 1. The highest BCUT2D eigenvalue weighted by atomic mass is 79.9. The van der Waals surface area contributed by atoms with E-state index in [4.69, 9.17) is 16.3 Å². The summed E-state index contributed by atoms with van der Waals surface area (Å²) in [4.78, 5) is 25.6. The summed E-state index contributed by atoms with van der Waals surface area (Å²) in [7, 11) is 0. The monoisotopic (exact) mass is 462 g/mol. The number of carbonyl (C=O) groups excluding carboxylic acids is 1. The van der Waals surface area contributed by atoms with Crippen molar-refractivity contribution in [2.45, 2.75) is 38.8 Å². The van der Waals surface area contributed by atoms with Crippen molar-refractivity contribution >= 4 is 44.3 Å². The lowest BCUT2D eigenvalue weighted by Crippen LogP contribution is -2.48. The van der Waals surface area contributed by atoms with Gasteiger partial charge in [-0.15, -0.1) is 0 Å². The summed E-state index contributed by atoms with van der Waals surface area (Å²) < 4.78 is 6.79. The third kappa shape index (κ3) is 4.59. The highest BCUT2D eigenvalue weighted by molar-refractivity contribution is 9.10. The predicted octanol–water partition coefficient (Wildman–Crippen LogP) is 4.65. The highest BCUT2D eigenvalue weighted by Gasteiger charge is 2.29. The van der Waals surface area contributed by atoms with Crippen LogP contribution >= 0.6 is 27.5 Å². The Morgan fingerprint density at radius 2 is 1.96 bits per heavy atom.